The fourth-order valence-corrected chi connectivity index (χ4v) is 2.81. The van der Waals surface area contributed by atoms with E-state index in [0.717, 1.165) is 14.5 Å². The van der Waals surface area contributed by atoms with Crippen LogP contribution in [0.1, 0.15) is 43.9 Å². The van der Waals surface area contributed by atoms with Crippen molar-refractivity contribution in [1.29, 1.82) is 0 Å². The third-order valence-corrected chi connectivity index (χ3v) is 5.83. The molecular formula is C24H26Br2F2N4O3. The Balaban J connectivity index is 0.000000247. The summed E-state index contributed by atoms with van der Waals surface area (Å²) in [6.45, 7) is 5.03. The molecule has 0 aliphatic rings. The molecule has 35 heavy (non-hydrogen) atoms. The van der Waals surface area contributed by atoms with Gasteiger partial charge in [-0.3, -0.25) is 20.4 Å². The molecule has 1 heterocycles. The maximum atomic E-state index is 12.8. The van der Waals surface area contributed by atoms with Crippen molar-refractivity contribution >= 4 is 43.7 Å². The van der Waals surface area contributed by atoms with Crippen molar-refractivity contribution in [1.82, 2.24) is 21.0 Å². The molecule has 2 N–H and O–H groups in total. The Morgan fingerprint density at radius 1 is 0.857 bits per heavy atom. The van der Waals surface area contributed by atoms with Crippen LogP contribution in [0.3, 0.4) is 0 Å². The summed E-state index contributed by atoms with van der Waals surface area (Å²) in [4.78, 5) is 23.2. The van der Waals surface area contributed by atoms with E-state index in [9.17, 15) is 18.4 Å². The lowest BCUT2D eigenvalue weighted by Crippen LogP contribution is -2.48. The number of amides is 2. The van der Waals surface area contributed by atoms with Crippen LogP contribution in [0, 0.1) is 5.41 Å². The van der Waals surface area contributed by atoms with E-state index in [1.807, 2.05) is 24.3 Å². The summed E-state index contributed by atoms with van der Waals surface area (Å²) in [7, 11) is 0. The van der Waals surface area contributed by atoms with Gasteiger partial charge in [0.1, 0.15) is 13.3 Å². The number of hydrazine groups is 1. The number of aromatic nitrogens is 2. The van der Waals surface area contributed by atoms with Crippen LogP contribution in [0.15, 0.2) is 61.9 Å². The summed E-state index contributed by atoms with van der Waals surface area (Å²) in [6.07, 6.45) is 0. The van der Waals surface area contributed by atoms with Crippen molar-refractivity contribution < 1.29 is 22.8 Å². The molecule has 0 saturated heterocycles. The van der Waals surface area contributed by atoms with Gasteiger partial charge in [-0.25, -0.2) is 8.78 Å². The number of hydrogen-bond acceptors (Lipinski definition) is 5. The van der Waals surface area contributed by atoms with Gasteiger partial charge in [0.2, 0.25) is 17.7 Å². The molecule has 1 aromatic heterocycles. The highest BCUT2D eigenvalue weighted by atomic mass is 79.9. The molecule has 0 fully saturated rings. The normalized spacial score (nSPS) is 11.3. The minimum atomic E-state index is -1.16. The minimum absolute atomic E-state index is 0.318. The van der Waals surface area contributed by atoms with E-state index in [4.69, 9.17) is 4.42 Å². The number of halogens is 4. The zero-order valence-corrected chi connectivity index (χ0v) is 22.8. The number of rotatable bonds is 6. The molecule has 3 rings (SSSR count). The Kier molecular flexibility index (Phi) is 10.1. The number of carbonyl (C=O) groups excluding carboxylic acids is 2. The highest BCUT2D eigenvalue weighted by Crippen LogP contribution is 2.26. The van der Waals surface area contributed by atoms with Crippen molar-refractivity contribution in [3.05, 3.63) is 68.9 Å². The number of carbonyl (C=O) groups is 2. The highest BCUT2D eigenvalue weighted by Gasteiger charge is 2.28. The van der Waals surface area contributed by atoms with Gasteiger partial charge in [-0.1, -0.05) is 31.9 Å². The summed E-state index contributed by atoms with van der Waals surface area (Å²) >= 11 is 6.60. The standard InChI is InChI=1S/C12H14BrFN2O2.C12H12BrFN2O/c1-12(2,7-14)11(18)16-15-10(17)8-3-5-9(13)6-4-8;1-12(2,7-14)11-16-15-10(17-11)8-3-5-9(13)6-4-8/h3-6H,7H2,1-2H3,(H,15,17)(H,16,18);3-6H,7H2,1-2H3. The molecule has 0 spiro atoms. The molecule has 188 valence electrons. The molecular weight excluding hydrogens is 590 g/mol. The fraction of sp³-hybridized carbons (Fsp3) is 0.333. The molecule has 0 aliphatic heterocycles. The predicted octanol–water partition coefficient (Wildman–Crippen LogP) is 5.95. The van der Waals surface area contributed by atoms with Gasteiger partial charge in [0.15, 0.2) is 0 Å². The predicted molar refractivity (Wildman–Crippen MR) is 136 cm³/mol. The van der Waals surface area contributed by atoms with Crippen LogP contribution in [-0.4, -0.2) is 35.4 Å². The second kappa shape index (κ2) is 12.3. The van der Waals surface area contributed by atoms with Crippen LogP contribution in [0.4, 0.5) is 8.78 Å². The zero-order valence-electron chi connectivity index (χ0n) is 19.7. The molecule has 0 radical (unpaired) electrons. The first kappa shape index (κ1) is 28.6. The van der Waals surface area contributed by atoms with Crippen LogP contribution in [-0.2, 0) is 10.2 Å². The van der Waals surface area contributed by atoms with Crippen LogP contribution in [0.2, 0.25) is 0 Å². The topological polar surface area (TPSA) is 97.1 Å². The van der Waals surface area contributed by atoms with Crippen molar-refractivity contribution in [2.75, 3.05) is 13.3 Å². The molecule has 0 unspecified atom stereocenters. The molecule has 0 bridgehead atoms. The first-order chi connectivity index (χ1) is 16.4. The Bertz CT molecular complexity index is 1130. The summed E-state index contributed by atoms with van der Waals surface area (Å²) < 4.78 is 32.6. The van der Waals surface area contributed by atoms with Crippen LogP contribution in [0.25, 0.3) is 11.5 Å². The number of hydrogen-bond donors (Lipinski definition) is 2. The maximum Gasteiger partial charge on any atom is 0.269 e. The molecule has 11 heteroatoms. The first-order valence-corrected chi connectivity index (χ1v) is 12.1. The van der Waals surface area contributed by atoms with Gasteiger partial charge in [-0.05, 0) is 76.2 Å². The lowest BCUT2D eigenvalue weighted by atomic mass is 9.95. The van der Waals surface area contributed by atoms with Crippen molar-refractivity contribution in [3.63, 3.8) is 0 Å². The maximum absolute atomic E-state index is 12.8. The van der Waals surface area contributed by atoms with Crippen molar-refractivity contribution in [3.8, 4) is 11.5 Å². The first-order valence-electron chi connectivity index (χ1n) is 10.5. The fourth-order valence-electron chi connectivity index (χ4n) is 2.28. The molecule has 0 atom stereocenters. The third-order valence-electron chi connectivity index (χ3n) is 4.77. The van der Waals surface area contributed by atoms with Gasteiger partial charge in [0, 0.05) is 20.1 Å². The van der Waals surface area contributed by atoms with Gasteiger partial charge in [-0.2, -0.15) is 0 Å². The Morgan fingerprint density at radius 2 is 1.40 bits per heavy atom. The van der Waals surface area contributed by atoms with Crippen LogP contribution in [0.5, 0.6) is 0 Å². The largest absolute Gasteiger partial charge is 0.420 e. The Hall–Kier alpha value is -2.66. The van der Waals surface area contributed by atoms with E-state index >= 15 is 0 Å². The van der Waals surface area contributed by atoms with Gasteiger partial charge >= 0.3 is 0 Å². The summed E-state index contributed by atoms with van der Waals surface area (Å²) in [5.41, 5.74) is 3.76. The van der Waals surface area contributed by atoms with Gasteiger partial charge in [-0.15, -0.1) is 10.2 Å². The van der Waals surface area contributed by atoms with E-state index in [1.54, 1.807) is 38.1 Å². The Morgan fingerprint density at radius 3 is 1.91 bits per heavy atom. The molecule has 2 aromatic carbocycles. The molecule has 3 aromatic rings. The monoisotopic (exact) mass is 614 g/mol. The molecule has 2 amide bonds. The zero-order chi connectivity index (χ0) is 26.2. The lowest BCUT2D eigenvalue weighted by molar-refractivity contribution is -0.130. The van der Waals surface area contributed by atoms with Crippen LogP contribution < -0.4 is 10.9 Å². The Labute approximate surface area is 219 Å². The number of nitrogens with one attached hydrogen (secondary N) is 2. The van der Waals surface area contributed by atoms with E-state index in [0.29, 0.717) is 17.3 Å². The summed E-state index contributed by atoms with van der Waals surface area (Å²) in [6, 6.07) is 14.1. The smallest absolute Gasteiger partial charge is 0.269 e. The van der Waals surface area contributed by atoms with E-state index < -0.39 is 36.0 Å². The summed E-state index contributed by atoms with van der Waals surface area (Å²) in [5, 5.41) is 7.82. The molecule has 7 nitrogen and oxygen atoms in total. The average molecular weight is 616 g/mol. The van der Waals surface area contributed by atoms with E-state index in [-0.39, 0.29) is 0 Å². The average Bonchev–Trinajstić information content (AvgIpc) is 3.35. The summed E-state index contributed by atoms with van der Waals surface area (Å²) in [5.74, 6) is -0.298. The van der Waals surface area contributed by atoms with Crippen molar-refractivity contribution in [2.24, 2.45) is 5.41 Å². The van der Waals surface area contributed by atoms with Crippen LogP contribution >= 0.6 is 31.9 Å². The number of nitrogens with zero attached hydrogens (tertiary/aromatic N) is 2. The lowest BCUT2D eigenvalue weighted by Gasteiger charge is -2.19. The molecule has 0 saturated carbocycles. The second-order valence-electron chi connectivity index (χ2n) is 8.87. The third kappa shape index (κ3) is 8.21. The van der Waals surface area contributed by atoms with Gasteiger partial charge < -0.3 is 4.42 Å². The van der Waals surface area contributed by atoms with Gasteiger partial charge in [0.05, 0.1) is 10.8 Å². The number of benzene rings is 2. The second-order valence-corrected chi connectivity index (χ2v) is 10.7. The SMILES string of the molecule is CC(C)(CF)C(=O)NNC(=O)c1ccc(Br)cc1.CC(C)(CF)c1nnc(-c2ccc(Br)cc2)o1. The highest BCUT2D eigenvalue weighted by molar-refractivity contribution is 9.10. The van der Waals surface area contributed by atoms with Gasteiger partial charge in [0.25, 0.3) is 5.91 Å². The van der Waals surface area contributed by atoms with E-state index in [2.05, 4.69) is 52.9 Å². The minimum Gasteiger partial charge on any atom is -0.420 e. The number of alkyl halides is 2. The quantitative estimate of drug-likeness (QED) is 0.334. The van der Waals surface area contributed by atoms with E-state index in [1.165, 1.54) is 13.8 Å². The molecule has 0 aliphatic carbocycles. The van der Waals surface area contributed by atoms with Crippen molar-refractivity contribution in [2.45, 2.75) is 33.1 Å².